The maximum Gasteiger partial charge on any atom is 0.244 e. The van der Waals surface area contributed by atoms with Gasteiger partial charge in [-0.2, -0.15) is 16.3 Å². The van der Waals surface area contributed by atoms with Crippen LogP contribution in [-0.4, -0.2) is 10.1 Å². The molecule has 0 radical (unpaired) electrons. The molecule has 0 amide bonds. The highest BCUT2D eigenvalue weighted by Crippen LogP contribution is 2.21. The van der Waals surface area contributed by atoms with Gasteiger partial charge in [-0.3, -0.25) is 0 Å². The largest absolute Gasteiger partial charge is 0.337 e. The zero-order valence-corrected chi connectivity index (χ0v) is 8.91. The van der Waals surface area contributed by atoms with E-state index >= 15 is 0 Å². The lowest BCUT2D eigenvalue weighted by atomic mass is 10.2. The van der Waals surface area contributed by atoms with Crippen molar-refractivity contribution in [2.24, 2.45) is 5.73 Å². The first-order valence-corrected chi connectivity index (χ1v) is 5.48. The summed E-state index contributed by atoms with van der Waals surface area (Å²) in [5, 5.41) is 7.80. The Bertz CT molecular complexity index is 435. The Labute approximate surface area is 91.4 Å². The van der Waals surface area contributed by atoms with E-state index in [-0.39, 0.29) is 6.04 Å². The quantitative estimate of drug-likeness (QED) is 0.805. The highest BCUT2D eigenvalue weighted by molar-refractivity contribution is 7.08. The third-order valence-corrected chi connectivity index (χ3v) is 2.64. The van der Waals surface area contributed by atoms with Gasteiger partial charge in [0.05, 0.1) is 6.04 Å². The van der Waals surface area contributed by atoms with E-state index in [1.807, 2.05) is 16.8 Å². The van der Waals surface area contributed by atoms with E-state index in [1.165, 1.54) is 0 Å². The van der Waals surface area contributed by atoms with Crippen molar-refractivity contribution in [2.45, 2.75) is 12.5 Å². The smallest absolute Gasteiger partial charge is 0.244 e. The van der Waals surface area contributed by atoms with Gasteiger partial charge in [0.15, 0.2) is 0 Å². The number of nitrogens with zero attached hydrogens (tertiary/aromatic N) is 2. The number of aromatic nitrogens is 2. The number of hydrogen-bond donors (Lipinski definition) is 1. The number of thiophene rings is 1. The SMILES string of the molecule is C=CCC(N)c1nc(-c2ccsc2)no1. The van der Waals surface area contributed by atoms with Crippen molar-refractivity contribution >= 4 is 11.3 Å². The topological polar surface area (TPSA) is 64.9 Å². The summed E-state index contributed by atoms with van der Waals surface area (Å²) in [4.78, 5) is 4.23. The predicted molar refractivity (Wildman–Crippen MR) is 59.4 cm³/mol. The Hall–Kier alpha value is -1.46. The Morgan fingerprint density at radius 3 is 3.20 bits per heavy atom. The summed E-state index contributed by atoms with van der Waals surface area (Å²) < 4.78 is 5.07. The van der Waals surface area contributed by atoms with E-state index in [4.69, 9.17) is 10.3 Å². The van der Waals surface area contributed by atoms with Crippen LogP contribution in [0.4, 0.5) is 0 Å². The van der Waals surface area contributed by atoms with Gasteiger partial charge < -0.3 is 10.3 Å². The fourth-order valence-corrected chi connectivity index (χ4v) is 1.81. The molecule has 0 saturated carbocycles. The minimum absolute atomic E-state index is 0.262. The highest BCUT2D eigenvalue weighted by Gasteiger charge is 2.14. The van der Waals surface area contributed by atoms with E-state index in [1.54, 1.807) is 17.4 Å². The zero-order chi connectivity index (χ0) is 10.7. The van der Waals surface area contributed by atoms with Gasteiger partial charge >= 0.3 is 0 Å². The van der Waals surface area contributed by atoms with Crippen LogP contribution < -0.4 is 5.73 Å². The molecular weight excluding hydrogens is 210 g/mol. The first kappa shape index (κ1) is 10.1. The predicted octanol–water partition coefficient (Wildman–Crippen LogP) is 2.37. The van der Waals surface area contributed by atoms with Crippen LogP contribution in [0.15, 0.2) is 34.0 Å². The molecule has 78 valence electrons. The van der Waals surface area contributed by atoms with Crippen LogP contribution in [0.3, 0.4) is 0 Å². The van der Waals surface area contributed by atoms with Crippen molar-refractivity contribution in [3.63, 3.8) is 0 Å². The molecule has 5 heteroatoms. The van der Waals surface area contributed by atoms with Crippen molar-refractivity contribution in [1.29, 1.82) is 0 Å². The van der Waals surface area contributed by atoms with Crippen molar-refractivity contribution < 1.29 is 4.52 Å². The Balaban J connectivity index is 2.20. The van der Waals surface area contributed by atoms with Crippen molar-refractivity contribution in [3.8, 4) is 11.4 Å². The summed E-state index contributed by atoms with van der Waals surface area (Å²) in [6.45, 7) is 3.61. The maximum absolute atomic E-state index is 5.81. The summed E-state index contributed by atoms with van der Waals surface area (Å²) in [7, 11) is 0. The minimum Gasteiger partial charge on any atom is -0.337 e. The monoisotopic (exact) mass is 221 g/mol. The van der Waals surface area contributed by atoms with Crippen molar-refractivity contribution in [3.05, 3.63) is 35.4 Å². The molecule has 0 aliphatic heterocycles. The van der Waals surface area contributed by atoms with Gasteiger partial charge in [-0.25, -0.2) is 0 Å². The Kier molecular flexibility index (Phi) is 2.94. The van der Waals surface area contributed by atoms with Gasteiger partial charge in [-0.05, 0) is 17.9 Å². The molecule has 2 aromatic rings. The van der Waals surface area contributed by atoms with E-state index in [9.17, 15) is 0 Å². The molecule has 1 atom stereocenters. The molecule has 0 aliphatic rings. The second kappa shape index (κ2) is 4.37. The van der Waals surface area contributed by atoms with E-state index in [0.29, 0.717) is 18.1 Å². The van der Waals surface area contributed by atoms with Crippen molar-refractivity contribution in [1.82, 2.24) is 10.1 Å². The second-order valence-electron chi connectivity index (χ2n) is 3.10. The van der Waals surface area contributed by atoms with Gasteiger partial charge in [-0.1, -0.05) is 11.2 Å². The average molecular weight is 221 g/mol. The summed E-state index contributed by atoms with van der Waals surface area (Å²) in [5.41, 5.74) is 6.77. The lowest BCUT2D eigenvalue weighted by Gasteiger charge is -1.99. The standard InChI is InChI=1S/C10H11N3OS/c1-2-3-8(11)10-12-9(13-14-10)7-4-5-15-6-7/h2,4-6,8H,1,3,11H2. The molecule has 0 bridgehead atoms. The Morgan fingerprint density at radius 1 is 1.67 bits per heavy atom. The minimum atomic E-state index is -0.262. The number of nitrogens with two attached hydrogens (primary N) is 1. The first-order chi connectivity index (χ1) is 7.31. The Morgan fingerprint density at radius 2 is 2.53 bits per heavy atom. The van der Waals surface area contributed by atoms with Crippen LogP contribution in [0.5, 0.6) is 0 Å². The number of rotatable bonds is 4. The lowest BCUT2D eigenvalue weighted by molar-refractivity contribution is 0.356. The van der Waals surface area contributed by atoms with Crippen LogP contribution in [0.2, 0.25) is 0 Å². The van der Waals surface area contributed by atoms with E-state index < -0.39 is 0 Å². The molecule has 2 heterocycles. The molecule has 0 aromatic carbocycles. The van der Waals surface area contributed by atoms with Crippen LogP contribution in [0, 0.1) is 0 Å². The first-order valence-electron chi connectivity index (χ1n) is 4.54. The average Bonchev–Trinajstić information content (AvgIpc) is 2.89. The fourth-order valence-electron chi connectivity index (χ4n) is 1.18. The summed E-state index contributed by atoms with van der Waals surface area (Å²) >= 11 is 1.59. The molecule has 0 fully saturated rings. The number of hydrogen-bond acceptors (Lipinski definition) is 5. The van der Waals surface area contributed by atoms with Gasteiger partial charge in [-0.15, -0.1) is 6.58 Å². The van der Waals surface area contributed by atoms with Crippen molar-refractivity contribution in [2.75, 3.05) is 0 Å². The van der Waals surface area contributed by atoms with Gasteiger partial charge in [0, 0.05) is 10.9 Å². The molecule has 2 aromatic heterocycles. The molecule has 0 saturated heterocycles. The van der Waals surface area contributed by atoms with Gasteiger partial charge in [0.2, 0.25) is 11.7 Å². The second-order valence-corrected chi connectivity index (χ2v) is 3.88. The maximum atomic E-state index is 5.81. The molecule has 1 unspecified atom stereocenters. The van der Waals surface area contributed by atoms with Crippen LogP contribution >= 0.6 is 11.3 Å². The van der Waals surface area contributed by atoms with E-state index in [0.717, 1.165) is 5.56 Å². The van der Waals surface area contributed by atoms with Gasteiger partial charge in [0.1, 0.15) is 0 Å². The lowest BCUT2D eigenvalue weighted by Crippen LogP contribution is -2.09. The third-order valence-electron chi connectivity index (χ3n) is 1.96. The molecule has 0 aliphatic carbocycles. The van der Waals surface area contributed by atoms with Gasteiger partial charge in [0.25, 0.3) is 0 Å². The van der Waals surface area contributed by atoms with Crippen LogP contribution in [-0.2, 0) is 0 Å². The third kappa shape index (κ3) is 2.14. The molecule has 2 rings (SSSR count). The normalized spacial score (nSPS) is 12.6. The summed E-state index contributed by atoms with van der Waals surface area (Å²) in [6.07, 6.45) is 2.37. The molecule has 4 nitrogen and oxygen atoms in total. The van der Waals surface area contributed by atoms with Crippen LogP contribution in [0.25, 0.3) is 11.4 Å². The summed E-state index contributed by atoms with van der Waals surface area (Å²) in [5.74, 6) is 1.04. The van der Waals surface area contributed by atoms with E-state index in [2.05, 4.69) is 16.7 Å². The fraction of sp³-hybridized carbons (Fsp3) is 0.200. The molecule has 0 spiro atoms. The molecular formula is C10H11N3OS. The highest BCUT2D eigenvalue weighted by atomic mass is 32.1. The molecule has 2 N–H and O–H groups in total. The zero-order valence-electron chi connectivity index (χ0n) is 8.09. The molecule has 15 heavy (non-hydrogen) atoms. The van der Waals surface area contributed by atoms with Crippen LogP contribution in [0.1, 0.15) is 18.4 Å². The summed E-state index contributed by atoms with van der Waals surface area (Å²) in [6, 6.07) is 1.68.